The van der Waals surface area contributed by atoms with Gasteiger partial charge in [-0.15, -0.1) is 0 Å². The number of nitrogens with two attached hydrogens (primary N) is 1. The van der Waals surface area contributed by atoms with Crippen LogP contribution in [0.3, 0.4) is 0 Å². The molecule has 2 aromatic rings. The van der Waals surface area contributed by atoms with Gasteiger partial charge in [0.1, 0.15) is 0 Å². The third-order valence-corrected chi connectivity index (χ3v) is 4.28. The molecule has 0 bridgehead atoms. The van der Waals surface area contributed by atoms with E-state index in [1.165, 1.54) is 0 Å². The smallest absolute Gasteiger partial charge is 0.240 e. The minimum Gasteiger partial charge on any atom is -0.326 e. The van der Waals surface area contributed by atoms with Crippen molar-refractivity contribution in [2.24, 2.45) is 5.73 Å². The highest BCUT2D eigenvalue weighted by atomic mass is 32.2. The number of hydrogen-bond acceptors (Lipinski definition) is 4. The highest BCUT2D eigenvalue weighted by Crippen LogP contribution is 2.11. The van der Waals surface area contributed by atoms with Crippen LogP contribution >= 0.6 is 0 Å². The van der Waals surface area contributed by atoms with Crippen LogP contribution in [-0.4, -0.2) is 13.4 Å². The van der Waals surface area contributed by atoms with E-state index in [1.807, 2.05) is 19.1 Å². The Morgan fingerprint density at radius 3 is 2.45 bits per heavy atom. The number of pyridine rings is 1. The topological polar surface area (TPSA) is 85.1 Å². The average Bonchev–Trinajstić information content (AvgIpc) is 2.45. The summed E-state index contributed by atoms with van der Waals surface area (Å²) in [5.74, 6) is 0. The normalized spacial score (nSPS) is 11.5. The molecule has 2 rings (SSSR count). The predicted octanol–water partition coefficient (Wildman–Crippen LogP) is 1.33. The predicted molar refractivity (Wildman–Crippen MR) is 77.3 cm³/mol. The van der Waals surface area contributed by atoms with Crippen LogP contribution < -0.4 is 10.5 Å². The fourth-order valence-electron chi connectivity index (χ4n) is 1.75. The summed E-state index contributed by atoms with van der Waals surface area (Å²) in [6, 6.07) is 12.0. The maximum Gasteiger partial charge on any atom is 0.240 e. The first kappa shape index (κ1) is 14.6. The molecule has 0 atom stereocenters. The zero-order chi connectivity index (χ0) is 14.6. The van der Waals surface area contributed by atoms with Crippen molar-refractivity contribution in [1.82, 2.24) is 9.71 Å². The standard InChI is InChI=1S/C14H17N3O2S/c1-11-3-2-4-13(17-11)10-16-20(18,19)14-7-5-12(9-15)6-8-14/h2-8,16H,9-10,15H2,1H3. The quantitative estimate of drug-likeness (QED) is 0.870. The Morgan fingerprint density at radius 2 is 1.85 bits per heavy atom. The molecule has 0 amide bonds. The molecule has 0 fully saturated rings. The van der Waals surface area contributed by atoms with Crippen molar-refractivity contribution < 1.29 is 8.42 Å². The largest absolute Gasteiger partial charge is 0.326 e. The second-order valence-corrected chi connectivity index (χ2v) is 6.21. The van der Waals surface area contributed by atoms with Gasteiger partial charge in [0.05, 0.1) is 17.1 Å². The molecule has 0 aliphatic carbocycles. The van der Waals surface area contributed by atoms with Crippen molar-refractivity contribution in [3.63, 3.8) is 0 Å². The molecule has 1 aromatic heterocycles. The van der Waals surface area contributed by atoms with Crippen LogP contribution in [0.4, 0.5) is 0 Å². The summed E-state index contributed by atoms with van der Waals surface area (Å²) in [4.78, 5) is 4.48. The van der Waals surface area contributed by atoms with E-state index in [9.17, 15) is 8.42 Å². The van der Waals surface area contributed by atoms with Crippen LogP contribution in [0.2, 0.25) is 0 Å². The first-order valence-corrected chi connectivity index (χ1v) is 7.71. The molecule has 0 aliphatic rings. The fourth-order valence-corrected chi connectivity index (χ4v) is 2.75. The summed E-state index contributed by atoms with van der Waals surface area (Å²) >= 11 is 0. The Labute approximate surface area is 118 Å². The van der Waals surface area contributed by atoms with Gasteiger partial charge in [-0.1, -0.05) is 18.2 Å². The van der Waals surface area contributed by atoms with Crippen molar-refractivity contribution in [2.45, 2.75) is 24.9 Å². The molecule has 0 spiro atoms. The van der Waals surface area contributed by atoms with Crippen LogP contribution in [-0.2, 0) is 23.1 Å². The maximum absolute atomic E-state index is 12.1. The summed E-state index contributed by atoms with van der Waals surface area (Å²) in [5.41, 5.74) is 7.92. The van der Waals surface area contributed by atoms with Gasteiger partial charge < -0.3 is 5.73 Å². The highest BCUT2D eigenvalue weighted by molar-refractivity contribution is 7.89. The molecule has 5 nitrogen and oxygen atoms in total. The van der Waals surface area contributed by atoms with Crippen molar-refractivity contribution in [1.29, 1.82) is 0 Å². The Kier molecular flexibility index (Phi) is 4.49. The van der Waals surface area contributed by atoms with Crippen LogP contribution in [0.1, 0.15) is 17.0 Å². The lowest BCUT2D eigenvalue weighted by atomic mass is 10.2. The van der Waals surface area contributed by atoms with Crippen LogP contribution in [0.5, 0.6) is 0 Å². The molecular weight excluding hydrogens is 274 g/mol. The van der Waals surface area contributed by atoms with Crippen molar-refractivity contribution in [3.05, 3.63) is 59.4 Å². The summed E-state index contributed by atoms with van der Waals surface area (Å²) < 4.78 is 26.8. The lowest BCUT2D eigenvalue weighted by Crippen LogP contribution is -2.23. The molecule has 3 N–H and O–H groups in total. The zero-order valence-electron chi connectivity index (χ0n) is 11.2. The molecule has 1 heterocycles. The molecule has 0 radical (unpaired) electrons. The van der Waals surface area contributed by atoms with Crippen LogP contribution in [0.15, 0.2) is 47.4 Å². The second-order valence-electron chi connectivity index (χ2n) is 4.44. The molecule has 106 valence electrons. The van der Waals surface area contributed by atoms with E-state index in [1.54, 1.807) is 30.3 Å². The van der Waals surface area contributed by atoms with Gasteiger partial charge >= 0.3 is 0 Å². The Balaban J connectivity index is 2.10. The molecular formula is C14H17N3O2S. The van der Waals surface area contributed by atoms with Crippen molar-refractivity contribution in [2.75, 3.05) is 0 Å². The molecule has 1 aromatic carbocycles. The number of nitrogens with one attached hydrogen (secondary N) is 1. The molecule has 6 heteroatoms. The van der Waals surface area contributed by atoms with Gasteiger partial charge in [0, 0.05) is 12.2 Å². The van der Waals surface area contributed by atoms with Gasteiger partial charge in [-0.2, -0.15) is 0 Å². The monoisotopic (exact) mass is 291 g/mol. The van der Waals surface area contributed by atoms with E-state index < -0.39 is 10.0 Å². The third kappa shape index (κ3) is 3.63. The number of aryl methyl sites for hydroxylation is 1. The number of benzene rings is 1. The Morgan fingerprint density at radius 1 is 1.15 bits per heavy atom. The lowest BCUT2D eigenvalue weighted by Gasteiger charge is -2.07. The van der Waals surface area contributed by atoms with Gasteiger partial charge in [0.25, 0.3) is 0 Å². The van der Waals surface area contributed by atoms with Gasteiger partial charge in [-0.25, -0.2) is 13.1 Å². The second kappa shape index (κ2) is 6.13. The van der Waals surface area contributed by atoms with Gasteiger partial charge in [-0.05, 0) is 36.8 Å². The maximum atomic E-state index is 12.1. The number of sulfonamides is 1. The number of rotatable bonds is 5. The number of hydrogen-bond donors (Lipinski definition) is 2. The van der Waals surface area contributed by atoms with E-state index in [4.69, 9.17) is 5.73 Å². The third-order valence-electron chi connectivity index (χ3n) is 2.86. The Hall–Kier alpha value is -1.76. The molecule has 0 saturated heterocycles. The summed E-state index contributed by atoms with van der Waals surface area (Å²) in [6.07, 6.45) is 0. The highest BCUT2D eigenvalue weighted by Gasteiger charge is 2.13. The van der Waals surface area contributed by atoms with Crippen LogP contribution in [0.25, 0.3) is 0 Å². The van der Waals surface area contributed by atoms with Gasteiger partial charge in [0.2, 0.25) is 10.0 Å². The first-order valence-electron chi connectivity index (χ1n) is 6.22. The fraction of sp³-hybridized carbons (Fsp3) is 0.214. The average molecular weight is 291 g/mol. The zero-order valence-corrected chi connectivity index (χ0v) is 12.0. The Bertz CT molecular complexity index is 682. The molecule has 0 aliphatic heterocycles. The van der Waals surface area contributed by atoms with Crippen molar-refractivity contribution >= 4 is 10.0 Å². The van der Waals surface area contributed by atoms with E-state index >= 15 is 0 Å². The summed E-state index contributed by atoms with van der Waals surface area (Å²) in [6.45, 7) is 2.42. The van der Waals surface area contributed by atoms with Crippen molar-refractivity contribution in [3.8, 4) is 0 Å². The van der Waals surface area contributed by atoms with E-state index in [-0.39, 0.29) is 11.4 Å². The minimum absolute atomic E-state index is 0.169. The van der Waals surface area contributed by atoms with Gasteiger partial charge in [-0.3, -0.25) is 4.98 Å². The molecule has 0 saturated carbocycles. The number of aromatic nitrogens is 1. The SMILES string of the molecule is Cc1cccc(CNS(=O)(=O)c2ccc(CN)cc2)n1. The number of nitrogens with zero attached hydrogens (tertiary/aromatic N) is 1. The summed E-state index contributed by atoms with van der Waals surface area (Å²) in [7, 11) is -3.53. The summed E-state index contributed by atoms with van der Waals surface area (Å²) in [5, 5.41) is 0. The molecule has 0 unspecified atom stereocenters. The van der Waals surface area contributed by atoms with E-state index in [0.29, 0.717) is 12.2 Å². The van der Waals surface area contributed by atoms with Gasteiger partial charge in [0.15, 0.2) is 0 Å². The van der Waals surface area contributed by atoms with E-state index in [2.05, 4.69) is 9.71 Å². The lowest BCUT2D eigenvalue weighted by molar-refractivity contribution is 0.580. The van der Waals surface area contributed by atoms with E-state index in [0.717, 1.165) is 11.3 Å². The molecule has 20 heavy (non-hydrogen) atoms. The first-order chi connectivity index (χ1) is 9.51. The minimum atomic E-state index is -3.53. The van der Waals surface area contributed by atoms with Crippen LogP contribution in [0, 0.1) is 6.92 Å².